The van der Waals surface area contributed by atoms with Gasteiger partial charge in [0.05, 0.1) is 6.54 Å². The molecule has 9 nitrogen and oxygen atoms in total. The summed E-state index contributed by atoms with van der Waals surface area (Å²) >= 11 is 0. The number of unbranched alkanes of at least 4 members (excludes halogenated alkanes) is 1. The number of hydrogen-bond donors (Lipinski definition) is 4. The number of hydrogen-bond acceptors (Lipinski definition) is 6. The predicted molar refractivity (Wildman–Crippen MR) is 179 cm³/mol. The molecule has 0 saturated carbocycles. The molecule has 0 aromatic heterocycles. The number of nitrogens with two attached hydrogens (primary N) is 2. The Morgan fingerprint density at radius 2 is 1.10 bits per heavy atom. The third-order valence-corrected chi connectivity index (χ3v) is 6.05. The molecule has 0 heterocycles. The van der Waals surface area contributed by atoms with Gasteiger partial charge in [-0.25, -0.2) is 0 Å². The van der Waals surface area contributed by atoms with Crippen LogP contribution in [0.3, 0.4) is 0 Å². The van der Waals surface area contributed by atoms with E-state index in [0.29, 0.717) is 65.1 Å². The van der Waals surface area contributed by atoms with E-state index in [1.165, 1.54) is 0 Å². The van der Waals surface area contributed by atoms with Crippen molar-refractivity contribution in [2.24, 2.45) is 11.5 Å². The first-order valence-electron chi connectivity index (χ1n) is 14.7. The molecule has 12 heteroatoms. The summed E-state index contributed by atoms with van der Waals surface area (Å²) in [6.45, 7) is 9.60. The fraction of sp³-hybridized carbons (Fsp3) is 0.759. The van der Waals surface area contributed by atoms with Crippen molar-refractivity contribution in [2.45, 2.75) is 84.5 Å². The van der Waals surface area contributed by atoms with E-state index in [0.717, 1.165) is 64.5 Å². The maximum Gasteiger partial charge on any atom is 0.236 e. The molecule has 41 heavy (non-hydrogen) atoms. The highest BCUT2D eigenvalue weighted by molar-refractivity contribution is 5.86. The van der Waals surface area contributed by atoms with Gasteiger partial charge in [0.15, 0.2) is 0 Å². The zero-order chi connectivity index (χ0) is 28.3. The zero-order valence-electron chi connectivity index (χ0n) is 25.5. The number of amides is 3. The number of carbonyl (C=O) groups excluding carboxylic acids is 3. The van der Waals surface area contributed by atoms with Crippen LogP contribution in [-0.2, 0) is 14.4 Å². The Morgan fingerprint density at radius 3 is 1.56 bits per heavy atom. The fourth-order valence-corrected chi connectivity index (χ4v) is 3.88. The molecule has 0 bridgehead atoms. The van der Waals surface area contributed by atoms with Gasteiger partial charge in [-0.15, -0.1) is 37.2 Å². The largest absolute Gasteiger partial charge is 0.356 e. The van der Waals surface area contributed by atoms with Crippen LogP contribution >= 0.6 is 37.2 Å². The highest BCUT2D eigenvalue weighted by atomic mass is 35.5. The standard InChI is InChI=1S/C29H56N6O3.3ClH/c1-3-5-7-9-16-27(36)32-20-11-12-24-35(25-15-21-33-28(37)17-10-8-6-4-2)29(38)26-34(22-13-18-30)23-14-19-31;;;/h5-8H,3-4,9-26,30-31H2,1-2H3,(H,32,36)(H,33,37);3*1H/b7-5-,8-6-;;;. The van der Waals surface area contributed by atoms with Crippen LogP contribution in [0.2, 0.25) is 0 Å². The summed E-state index contributed by atoms with van der Waals surface area (Å²) < 4.78 is 0. The van der Waals surface area contributed by atoms with Gasteiger partial charge in [-0.1, -0.05) is 38.2 Å². The van der Waals surface area contributed by atoms with Crippen molar-refractivity contribution in [3.8, 4) is 0 Å². The number of nitrogens with one attached hydrogen (secondary N) is 2. The van der Waals surface area contributed by atoms with Gasteiger partial charge >= 0.3 is 0 Å². The van der Waals surface area contributed by atoms with Crippen molar-refractivity contribution in [3.05, 3.63) is 24.3 Å². The number of nitrogens with zero attached hydrogens (tertiary/aromatic N) is 2. The normalized spacial score (nSPS) is 10.7. The van der Waals surface area contributed by atoms with Crippen LogP contribution in [0.4, 0.5) is 0 Å². The Hall–Kier alpha value is -1.36. The van der Waals surface area contributed by atoms with Crippen molar-refractivity contribution in [1.82, 2.24) is 20.4 Å². The number of halogens is 3. The molecule has 0 spiro atoms. The quantitative estimate of drug-likeness (QED) is 0.0877. The Bertz CT molecular complexity index is 676. The molecule has 6 N–H and O–H groups in total. The monoisotopic (exact) mass is 644 g/mol. The van der Waals surface area contributed by atoms with Crippen LogP contribution in [0.15, 0.2) is 24.3 Å². The van der Waals surface area contributed by atoms with Crippen molar-refractivity contribution in [1.29, 1.82) is 0 Å². The van der Waals surface area contributed by atoms with E-state index in [4.69, 9.17) is 11.5 Å². The molecule has 0 radical (unpaired) electrons. The third kappa shape index (κ3) is 29.9. The van der Waals surface area contributed by atoms with Gasteiger partial charge in [-0.3, -0.25) is 19.3 Å². The lowest BCUT2D eigenvalue weighted by molar-refractivity contribution is -0.132. The molecule has 0 aromatic rings. The summed E-state index contributed by atoms with van der Waals surface area (Å²) in [5.41, 5.74) is 11.4. The maximum atomic E-state index is 13.2. The van der Waals surface area contributed by atoms with E-state index in [1.807, 2.05) is 17.1 Å². The maximum absolute atomic E-state index is 13.2. The molecule has 0 atom stereocenters. The Kier molecular flexibility index (Phi) is 39.6. The molecule has 244 valence electrons. The zero-order valence-corrected chi connectivity index (χ0v) is 27.9. The summed E-state index contributed by atoms with van der Waals surface area (Å²) in [7, 11) is 0. The lowest BCUT2D eigenvalue weighted by Gasteiger charge is -2.28. The molecular weight excluding hydrogens is 587 g/mol. The van der Waals surface area contributed by atoms with Crippen molar-refractivity contribution < 1.29 is 14.4 Å². The van der Waals surface area contributed by atoms with Gasteiger partial charge in [-0.05, 0) is 84.0 Å². The van der Waals surface area contributed by atoms with Crippen LogP contribution in [-0.4, -0.2) is 86.4 Å². The molecular formula is C29H59Cl3N6O3. The van der Waals surface area contributed by atoms with E-state index in [2.05, 4.69) is 41.5 Å². The molecule has 0 aliphatic heterocycles. The van der Waals surface area contributed by atoms with Crippen LogP contribution in [0.25, 0.3) is 0 Å². The second-order valence-electron chi connectivity index (χ2n) is 9.54. The topological polar surface area (TPSA) is 134 Å². The third-order valence-electron chi connectivity index (χ3n) is 6.05. The Labute approximate surface area is 268 Å². The minimum Gasteiger partial charge on any atom is -0.356 e. The summed E-state index contributed by atoms with van der Waals surface area (Å²) in [5, 5.41) is 5.93. The van der Waals surface area contributed by atoms with E-state index < -0.39 is 0 Å². The minimum atomic E-state index is 0. The fourth-order valence-electron chi connectivity index (χ4n) is 3.88. The van der Waals surface area contributed by atoms with E-state index >= 15 is 0 Å². The van der Waals surface area contributed by atoms with Gasteiger partial charge in [0.2, 0.25) is 17.7 Å². The highest BCUT2D eigenvalue weighted by Gasteiger charge is 2.17. The molecule has 3 amide bonds. The van der Waals surface area contributed by atoms with Crippen LogP contribution in [0, 0.1) is 0 Å². The molecule has 0 aliphatic carbocycles. The van der Waals surface area contributed by atoms with Gasteiger partial charge in [0.1, 0.15) is 0 Å². The predicted octanol–water partition coefficient (Wildman–Crippen LogP) is 3.98. The molecule has 0 rings (SSSR count). The molecule has 0 fully saturated rings. The van der Waals surface area contributed by atoms with E-state index in [9.17, 15) is 14.4 Å². The van der Waals surface area contributed by atoms with Crippen LogP contribution in [0.1, 0.15) is 84.5 Å². The summed E-state index contributed by atoms with van der Waals surface area (Å²) in [6.07, 6.45) is 16.7. The average molecular weight is 646 g/mol. The SMILES string of the molecule is CC/C=C\CCC(=O)NCCCCN(CCCNC(=O)CC/C=C\CC)C(=O)CN(CCCN)CCCN.Cl.Cl.Cl. The minimum absolute atomic E-state index is 0. The molecule has 0 aliphatic rings. The van der Waals surface area contributed by atoms with Gasteiger partial charge < -0.3 is 27.0 Å². The van der Waals surface area contributed by atoms with E-state index in [-0.39, 0.29) is 54.9 Å². The van der Waals surface area contributed by atoms with Gasteiger partial charge in [-0.2, -0.15) is 0 Å². The first-order valence-corrected chi connectivity index (χ1v) is 14.7. The van der Waals surface area contributed by atoms with Crippen molar-refractivity contribution in [3.63, 3.8) is 0 Å². The van der Waals surface area contributed by atoms with Crippen LogP contribution < -0.4 is 22.1 Å². The van der Waals surface area contributed by atoms with Gasteiger partial charge in [0.25, 0.3) is 0 Å². The smallest absolute Gasteiger partial charge is 0.236 e. The number of allylic oxidation sites excluding steroid dienone is 4. The molecule has 0 aromatic carbocycles. The summed E-state index contributed by atoms with van der Waals surface area (Å²) in [6, 6.07) is 0. The van der Waals surface area contributed by atoms with Gasteiger partial charge in [0, 0.05) is 39.0 Å². The van der Waals surface area contributed by atoms with E-state index in [1.54, 1.807) is 0 Å². The Balaban J connectivity index is -0.00000228. The average Bonchev–Trinajstić information content (AvgIpc) is 2.91. The van der Waals surface area contributed by atoms with Crippen molar-refractivity contribution in [2.75, 3.05) is 58.9 Å². The number of rotatable bonds is 25. The Morgan fingerprint density at radius 1 is 0.634 bits per heavy atom. The van der Waals surface area contributed by atoms with Crippen molar-refractivity contribution >= 4 is 54.9 Å². The van der Waals surface area contributed by atoms with Crippen LogP contribution in [0.5, 0.6) is 0 Å². The first-order chi connectivity index (χ1) is 18.5. The highest BCUT2D eigenvalue weighted by Crippen LogP contribution is 2.03. The molecule has 0 saturated heterocycles. The summed E-state index contributed by atoms with van der Waals surface area (Å²) in [5.74, 6) is 0.191. The second-order valence-corrected chi connectivity index (χ2v) is 9.54. The summed E-state index contributed by atoms with van der Waals surface area (Å²) in [4.78, 5) is 41.2. The number of carbonyl (C=O) groups is 3. The lowest BCUT2D eigenvalue weighted by atomic mass is 10.2. The first kappa shape index (κ1) is 46.6. The molecule has 0 unspecified atom stereocenters. The second kappa shape index (κ2) is 34.8. The lowest BCUT2D eigenvalue weighted by Crippen LogP contribution is -2.43.